The Bertz CT molecular complexity index is 266. The maximum absolute atomic E-state index is 11.3. The molecule has 1 unspecified atom stereocenters. The zero-order valence-electron chi connectivity index (χ0n) is 10.1. The third-order valence-electron chi connectivity index (χ3n) is 2.62. The number of nitrogens with two attached hydrogens (primary N) is 1. The number of morpholine rings is 1. The zero-order valence-corrected chi connectivity index (χ0v) is 10.1. The quantitative estimate of drug-likeness (QED) is 0.546. The molecule has 0 aromatic rings. The van der Waals surface area contributed by atoms with E-state index in [4.69, 9.17) is 10.5 Å². The fourth-order valence-electron chi connectivity index (χ4n) is 1.59. The van der Waals surface area contributed by atoms with E-state index in [1.165, 1.54) is 0 Å². The van der Waals surface area contributed by atoms with E-state index in [1.54, 1.807) is 6.92 Å². The SMILES string of the molecule is CC(NCCN1CCOCC1)C(=O)NC(N)=O. The number of primary amides is 1. The van der Waals surface area contributed by atoms with Gasteiger partial charge in [-0.15, -0.1) is 0 Å². The van der Waals surface area contributed by atoms with Crippen molar-refractivity contribution in [3.05, 3.63) is 0 Å². The Labute approximate surface area is 101 Å². The summed E-state index contributed by atoms with van der Waals surface area (Å²) in [6.45, 7) is 6.60. The van der Waals surface area contributed by atoms with Crippen LogP contribution in [0.3, 0.4) is 0 Å². The Kier molecular flexibility index (Phi) is 5.88. The molecular weight excluding hydrogens is 224 g/mol. The molecule has 7 nitrogen and oxygen atoms in total. The van der Waals surface area contributed by atoms with Gasteiger partial charge in [0.05, 0.1) is 19.3 Å². The number of urea groups is 1. The van der Waals surface area contributed by atoms with Crippen molar-refractivity contribution in [2.24, 2.45) is 5.73 Å². The molecule has 1 saturated heterocycles. The minimum Gasteiger partial charge on any atom is -0.379 e. The molecule has 0 bridgehead atoms. The minimum absolute atomic E-state index is 0.403. The average molecular weight is 244 g/mol. The first-order valence-corrected chi connectivity index (χ1v) is 5.73. The number of amides is 3. The summed E-state index contributed by atoms with van der Waals surface area (Å²) < 4.78 is 5.23. The van der Waals surface area contributed by atoms with Crippen LogP contribution in [-0.4, -0.2) is 62.3 Å². The Morgan fingerprint density at radius 1 is 1.41 bits per heavy atom. The molecule has 1 heterocycles. The number of carbonyl (C=O) groups is 2. The number of hydrogen-bond acceptors (Lipinski definition) is 5. The number of hydrogen-bond donors (Lipinski definition) is 3. The number of ether oxygens (including phenoxy) is 1. The van der Waals surface area contributed by atoms with Gasteiger partial charge < -0.3 is 15.8 Å². The van der Waals surface area contributed by atoms with Crippen LogP contribution in [0.2, 0.25) is 0 Å². The fraction of sp³-hybridized carbons (Fsp3) is 0.800. The fourth-order valence-corrected chi connectivity index (χ4v) is 1.59. The first-order valence-electron chi connectivity index (χ1n) is 5.73. The van der Waals surface area contributed by atoms with Crippen LogP contribution in [0.5, 0.6) is 0 Å². The van der Waals surface area contributed by atoms with Crippen LogP contribution in [0.1, 0.15) is 6.92 Å². The zero-order chi connectivity index (χ0) is 12.7. The highest BCUT2D eigenvalue weighted by Gasteiger charge is 2.14. The summed E-state index contributed by atoms with van der Waals surface area (Å²) in [4.78, 5) is 24.1. The van der Waals surface area contributed by atoms with Gasteiger partial charge in [0.1, 0.15) is 0 Å². The third-order valence-corrected chi connectivity index (χ3v) is 2.62. The van der Waals surface area contributed by atoms with Crippen LogP contribution in [0.25, 0.3) is 0 Å². The van der Waals surface area contributed by atoms with Gasteiger partial charge in [-0.3, -0.25) is 15.0 Å². The first-order chi connectivity index (χ1) is 8.09. The van der Waals surface area contributed by atoms with Crippen molar-refractivity contribution in [2.75, 3.05) is 39.4 Å². The number of nitrogens with one attached hydrogen (secondary N) is 2. The lowest BCUT2D eigenvalue weighted by atomic mass is 10.3. The smallest absolute Gasteiger partial charge is 0.318 e. The number of carbonyl (C=O) groups excluding carboxylic acids is 2. The molecule has 17 heavy (non-hydrogen) atoms. The van der Waals surface area contributed by atoms with Crippen molar-refractivity contribution in [3.63, 3.8) is 0 Å². The van der Waals surface area contributed by atoms with Crippen LogP contribution in [0, 0.1) is 0 Å². The molecule has 0 aromatic heterocycles. The molecule has 1 fully saturated rings. The van der Waals surface area contributed by atoms with Crippen molar-refractivity contribution in [1.29, 1.82) is 0 Å². The second-order valence-corrected chi connectivity index (χ2v) is 3.98. The summed E-state index contributed by atoms with van der Waals surface area (Å²) in [7, 11) is 0. The van der Waals surface area contributed by atoms with Gasteiger partial charge in [0, 0.05) is 26.2 Å². The normalized spacial score (nSPS) is 18.6. The lowest BCUT2D eigenvalue weighted by Gasteiger charge is -2.27. The summed E-state index contributed by atoms with van der Waals surface area (Å²) in [5, 5.41) is 5.07. The van der Waals surface area contributed by atoms with E-state index in [1.807, 2.05) is 5.32 Å². The van der Waals surface area contributed by atoms with Gasteiger partial charge >= 0.3 is 6.03 Å². The van der Waals surface area contributed by atoms with Crippen molar-refractivity contribution >= 4 is 11.9 Å². The first kappa shape index (κ1) is 13.9. The summed E-state index contributed by atoms with van der Waals surface area (Å²) in [6.07, 6.45) is 0. The van der Waals surface area contributed by atoms with Gasteiger partial charge in [0.15, 0.2) is 0 Å². The van der Waals surface area contributed by atoms with Crippen molar-refractivity contribution in [2.45, 2.75) is 13.0 Å². The third kappa shape index (κ3) is 5.62. The van der Waals surface area contributed by atoms with Gasteiger partial charge in [-0.25, -0.2) is 4.79 Å². The summed E-state index contributed by atoms with van der Waals surface area (Å²) in [6, 6.07) is -1.25. The van der Waals surface area contributed by atoms with Gasteiger partial charge in [0.2, 0.25) is 5.91 Å². The van der Waals surface area contributed by atoms with E-state index in [2.05, 4.69) is 10.2 Å². The van der Waals surface area contributed by atoms with E-state index in [0.29, 0.717) is 6.54 Å². The molecule has 0 aliphatic carbocycles. The molecule has 1 aliphatic rings. The Hall–Kier alpha value is -1.18. The van der Waals surface area contributed by atoms with E-state index in [9.17, 15) is 9.59 Å². The number of imide groups is 1. The molecule has 1 atom stereocenters. The topological polar surface area (TPSA) is 96.7 Å². The van der Waals surface area contributed by atoms with Gasteiger partial charge in [-0.1, -0.05) is 0 Å². The monoisotopic (exact) mass is 244 g/mol. The Morgan fingerprint density at radius 2 is 2.06 bits per heavy atom. The van der Waals surface area contributed by atoms with E-state index >= 15 is 0 Å². The van der Waals surface area contributed by atoms with Crippen molar-refractivity contribution in [1.82, 2.24) is 15.5 Å². The molecule has 98 valence electrons. The summed E-state index contributed by atoms with van der Waals surface area (Å²) in [5.41, 5.74) is 4.86. The number of rotatable bonds is 5. The second-order valence-electron chi connectivity index (χ2n) is 3.98. The predicted molar refractivity (Wildman–Crippen MR) is 62.4 cm³/mol. The van der Waals surface area contributed by atoms with E-state index < -0.39 is 18.0 Å². The molecule has 0 aromatic carbocycles. The van der Waals surface area contributed by atoms with Crippen molar-refractivity contribution < 1.29 is 14.3 Å². The minimum atomic E-state index is -0.822. The predicted octanol–water partition coefficient (Wildman–Crippen LogP) is -1.51. The lowest BCUT2D eigenvalue weighted by molar-refractivity contribution is -0.121. The van der Waals surface area contributed by atoms with Gasteiger partial charge in [-0.05, 0) is 6.92 Å². The molecule has 0 radical (unpaired) electrons. The Balaban J connectivity index is 2.12. The second kappa shape index (κ2) is 7.21. The summed E-state index contributed by atoms with van der Waals surface area (Å²) >= 11 is 0. The molecule has 1 aliphatic heterocycles. The van der Waals surface area contributed by atoms with Crippen LogP contribution in [0.4, 0.5) is 4.79 Å². The highest BCUT2D eigenvalue weighted by atomic mass is 16.5. The highest BCUT2D eigenvalue weighted by Crippen LogP contribution is 1.95. The molecule has 7 heteroatoms. The maximum atomic E-state index is 11.3. The standard InChI is InChI=1S/C10H20N4O3/c1-8(9(15)13-10(11)16)12-2-3-14-4-6-17-7-5-14/h8,12H,2-7H2,1H3,(H3,11,13,15,16). The van der Waals surface area contributed by atoms with Crippen LogP contribution >= 0.6 is 0 Å². The molecule has 3 amide bonds. The summed E-state index contributed by atoms with van der Waals surface area (Å²) in [5.74, 6) is -0.403. The molecule has 4 N–H and O–H groups in total. The van der Waals surface area contributed by atoms with Crippen LogP contribution < -0.4 is 16.4 Å². The van der Waals surface area contributed by atoms with E-state index in [-0.39, 0.29) is 0 Å². The molecule has 0 spiro atoms. The van der Waals surface area contributed by atoms with Gasteiger partial charge in [0.25, 0.3) is 0 Å². The van der Waals surface area contributed by atoms with Crippen LogP contribution in [0.15, 0.2) is 0 Å². The van der Waals surface area contributed by atoms with Gasteiger partial charge in [-0.2, -0.15) is 0 Å². The Morgan fingerprint density at radius 3 is 2.65 bits per heavy atom. The van der Waals surface area contributed by atoms with Crippen LogP contribution in [-0.2, 0) is 9.53 Å². The average Bonchev–Trinajstić information content (AvgIpc) is 2.29. The highest BCUT2D eigenvalue weighted by molar-refractivity contribution is 5.96. The molecular formula is C10H20N4O3. The maximum Gasteiger partial charge on any atom is 0.318 e. The lowest BCUT2D eigenvalue weighted by Crippen LogP contribution is -2.48. The number of nitrogens with zero attached hydrogens (tertiary/aromatic N) is 1. The largest absolute Gasteiger partial charge is 0.379 e. The van der Waals surface area contributed by atoms with Crippen molar-refractivity contribution in [3.8, 4) is 0 Å². The van der Waals surface area contributed by atoms with E-state index in [0.717, 1.165) is 32.8 Å². The molecule has 0 saturated carbocycles. The molecule has 1 rings (SSSR count).